The first-order valence-corrected chi connectivity index (χ1v) is 15.4. The second-order valence-electron chi connectivity index (χ2n) is 12.0. The molecular formula is C32H31ClFN5O6. The number of pyridine rings is 1. The molecule has 3 fully saturated rings. The van der Waals surface area contributed by atoms with E-state index >= 15 is 4.39 Å². The highest BCUT2D eigenvalue weighted by Crippen LogP contribution is 2.50. The lowest BCUT2D eigenvalue weighted by atomic mass is 10.0. The molecule has 0 aliphatic carbocycles. The Bertz CT molecular complexity index is 1800. The molecule has 8 rings (SSSR count). The van der Waals surface area contributed by atoms with E-state index in [1.807, 2.05) is 29.7 Å². The molecule has 0 radical (unpaired) electrons. The number of hydrogen-bond acceptors (Lipinski definition) is 9. The van der Waals surface area contributed by atoms with Crippen LogP contribution < -0.4 is 14.4 Å². The summed E-state index contributed by atoms with van der Waals surface area (Å²) in [6, 6.07) is 12.0. The van der Waals surface area contributed by atoms with Gasteiger partial charge in [-0.15, -0.1) is 0 Å². The lowest BCUT2D eigenvalue weighted by molar-refractivity contribution is -0.0716. The lowest BCUT2D eigenvalue weighted by Crippen LogP contribution is -2.59. The van der Waals surface area contributed by atoms with Gasteiger partial charge in [0.25, 0.3) is 5.79 Å². The predicted molar refractivity (Wildman–Crippen MR) is 161 cm³/mol. The molecule has 2 aromatic carbocycles. The average Bonchev–Trinajstić information content (AvgIpc) is 3.71. The number of fused-ring (bicyclic) bond motifs is 3. The van der Waals surface area contributed by atoms with Crippen molar-refractivity contribution in [1.29, 1.82) is 0 Å². The van der Waals surface area contributed by atoms with Crippen molar-refractivity contribution in [3.8, 4) is 11.5 Å². The number of benzene rings is 2. The van der Waals surface area contributed by atoms with Gasteiger partial charge in [0, 0.05) is 32.8 Å². The number of carboxylic acid groups (broad SMARTS) is 1. The van der Waals surface area contributed by atoms with Crippen LogP contribution in [0.15, 0.2) is 48.7 Å². The van der Waals surface area contributed by atoms with Gasteiger partial charge in [0.15, 0.2) is 17.3 Å². The summed E-state index contributed by atoms with van der Waals surface area (Å²) < 4.78 is 41.6. The van der Waals surface area contributed by atoms with Crippen LogP contribution in [0.3, 0.4) is 0 Å². The van der Waals surface area contributed by atoms with Crippen LogP contribution in [0.5, 0.6) is 11.5 Å². The smallest absolute Gasteiger partial charge is 0.335 e. The monoisotopic (exact) mass is 635 g/mol. The van der Waals surface area contributed by atoms with Crippen molar-refractivity contribution >= 4 is 34.3 Å². The number of ether oxygens (including phenoxy) is 4. The molecular weight excluding hydrogens is 605 g/mol. The van der Waals surface area contributed by atoms with Crippen LogP contribution in [0.4, 0.5) is 10.1 Å². The molecule has 4 aromatic rings. The molecule has 4 atom stereocenters. The normalized spacial score (nSPS) is 25.8. The van der Waals surface area contributed by atoms with Crippen molar-refractivity contribution < 1.29 is 33.2 Å². The number of nitrogens with zero attached hydrogens (tertiary/aromatic N) is 5. The van der Waals surface area contributed by atoms with E-state index in [4.69, 9.17) is 35.5 Å². The Balaban J connectivity index is 1.08. The first kappa shape index (κ1) is 28.5. The summed E-state index contributed by atoms with van der Waals surface area (Å²) in [6.45, 7) is 5.89. The Morgan fingerprint density at radius 3 is 2.76 bits per heavy atom. The van der Waals surface area contributed by atoms with E-state index in [0.29, 0.717) is 79.6 Å². The van der Waals surface area contributed by atoms with Crippen molar-refractivity contribution in [2.24, 2.45) is 0 Å². The maximum atomic E-state index is 15.1. The van der Waals surface area contributed by atoms with Crippen LogP contribution in [-0.4, -0.2) is 81.6 Å². The molecule has 4 aliphatic rings. The standard InChI is InChI=1S/C32H31ClFN5O6/c1-32(27-6-5-19(33)13-35-27)44-26-4-2-3-22(30(26)45-32)38-9-8-37(24-16-42-17-25(24)38)15-28-36-29-21(34)11-18(31(40)41)12-23(29)39(28)14-20-7-10-43-20/h2-6,11-13,20,24-25H,7-10,14-17H2,1H3,(H,40,41)/t20-,24-,25+,32-/m0/s1. The van der Waals surface area contributed by atoms with Crippen molar-refractivity contribution in [3.63, 3.8) is 0 Å². The predicted octanol–water partition coefficient (Wildman–Crippen LogP) is 4.44. The van der Waals surface area contributed by atoms with Crippen LogP contribution in [0, 0.1) is 5.82 Å². The highest BCUT2D eigenvalue weighted by molar-refractivity contribution is 6.30. The van der Waals surface area contributed by atoms with E-state index in [9.17, 15) is 9.90 Å². The van der Waals surface area contributed by atoms with E-state index < -0.39 is 17.6 Å². The maximum Gasteiger partial charge on any atom is 0.335 e. The van der Waals surface area contributed by atoms with Gasteiger partial charge in [-0.05, 0) is 42.8 Å². The van der Waals surface area contributed by atoms with Gasteiger partial charge >= 0.3 is 5.97 Å². The minimum absolute atomic E-state index is 0.0201. The molecule has 0 spiro atoms. The van der Waals surface area contributed by atoms with Crippen LogP contribution >= 0.6 is 11.6 Å². The van der Waals surface area contributed by atoms with Crippen LogP contribution in [-0.2, 0) is 28.4 Å². The number of halogens is 2. The molecule has 45 heavy (non-hydrogen) atoms. The number of anilines is 1. The molecule has 0 bridgehead atoms. The van der Waals surface area contributed by atoms with Gasteiger partial charge in [-0.2, -0.15) is 0 Å². The molecule has 3 saturated heterocycles. The highest BCUT2D eigenvalue weighted by Gasteiger charge is 2.46. The van der Waals surface area contributed by atoms with Gasteiger partial charge in [0.1, 0.15) is 17.0 Å². The van der Waals surface area contributed by atoms with Gasteiger partial charge in [-0.25, -0.2) is 14.2 Å². The van der Waals surface area contributed by atoms with Gasteiger partial charge in [0.05, 0.1) is 66.3 Å². The zero-order valence-corrected chi connectivity index (χ0v) is 25.2. The van der Waals surface area contributed by atoms with E-state index in [1.165, 1.54) is 6.07 Å². The van der Waals surface area contributed by atoms with Gasteiger partial charge < -0.3 is 33.5 Å². The number of hydrogen-bond donors (Lipinski definition) is 1. The summed E-state index contributed by atoms with van der Waals surface area (Å²) in [5.41, 5.74) is 2.06. The molecule has 13 heteroatoms. The summed E-state index contributed by atoms with van der Waals surface area (Å²) in [4.78, 5) is 25.5. The van der Waals surface area contributed by atoms with E-state index in [1.54, 1.807) is 18.3 Å². The minimum atomic E-state index is -1.18. The molecule has 0 unspecified atom stereocenters. The van der Waals surface area contributed by atoms with Crippen LogP contribution in [0.25, 0.3) is 11.0 Å². The fourth-order valence-corrected chi connectivity index (χ4v) is 6.93. The second-order valence-corrected chi connectivity index (χ2v) is 12.4. The Morgan fingerprint density at radius 2 is 2.00 bits per heavy atom. The Morgan fingerprint density at radius 1 is 1.16 bits per heavy atom. The van der Waals surface area contributed by atoms with Crippen molar-refractivity contribution in [2.45, 2.75) is 50.4 Å². The molecule has 234 valence electrons. The first-order chi connectivity index (χ1) is 21.8. The Hall–Kier alpha value is -3.97. The van der Waals surface area contributed by atoms with Crippen LogP contribution in [0.2, 0.25) is 5.02 Å². The number of imidazole rings is 1. The summed E-state index contributed by atoms with van der Waals surface area (Å²) in [5.74, 6) is -0.965. The SMILES string of the molecule is C[C@]1(c2ccc(Cl)cn2)Oc2cccc(N3CCN(Cc4nc5c(F)cc(C(=O)O)cc5n4C[C@@H]4CCO4)[C@H]4COC[C@H]43)c2O1. The third kappa shape index (κ3) is 4.87. The fraction of sp³-hybridized carbons (Fsp3) is 0.406. The lowest BCUT2D eigenvalue weighted by Gasteiger charge is -2.44. The van der Waals surface area contributed by atoms with E-state index in [2.05, 4.69) is 14.8 Å². The number of rotatable bonds is 7. The zero-order chi connectivity index (χ0) is 30.9. The number of piperazine rings is 1. The zero-order valence-electron chi connectivity index (χ0n) is 24.5. The number of aromatic nitrogens is 3. The third-order valence-electron chi connectivity index (χ3n) is 9.24. The second kappa shape index (κ2) is 10.8. The number of carboxylic acids is 1. The average molecular weight is 636 g/mol. The summed E-state index contributed by atoms with van der Waals surface area (Å²) >= 11 is 6.06. The van der Waals surface area contributed by atoms with Gasteiger partial charge in [-0.1, -0.05) is 17.7 Å². The fourth-order valence-electron chi connectivity index (χ4n) is 6.82. The quantitative estimate of drug-likeness (QED) is 0.313. The van der Waals surface area contributed by atoms with Gasteiger partial charge in [-0.3, -0.25) is 9.88 Å². The van der Waals surface area contributed by atoms with Crippen LogP contribution in [0.1, 0.15) is 35.2 Å². The van der Waals surface area contributed by atoms with Crippen molar-refractivity contribution in [1.82, 2.24) is 19.4 Å². The molecule has 0 saturated carbocycles. The van der Waals surface area contributed by atoms with Gasteiger partial charge in [0.2, 0.25) is 0 Å². The first-order valence-electron chi connectivity index (χ1n) is 15.0. The largest absolute Gasteiger partial charge is 0.478 e. The number of para-hydroxylation sites is 1. The maximum absolute atomic E-state index is 15.1. The Kier molecular flexibility index (Phi) is 6.86. The molecule has 2 aromatic heterocycles. The summed E-state index contributed by atoms with van der Waals surface area (Å²) in [7, 11) is 0. The number of aromatic carboxylic acids is 1. The third-order valence-corrected chi connectivity index (χ3v) is 9.46. The molecule has 1 N–H and O–H groups in total. The summed E-state index contributed by atoms with van der Waals surface area (Å²) in [6.07, 6.45) is 2.44. The molecule has 6 heterocycles. The summed E-state index contributed by atoms with van der Waals surface area (Å²) in [5, 5.41) is 10.1. The minimum Gasteiger partial charge on any atom is -0.478 e. The topological polar surface area (TPSA) is 111 Å². The highest BCUT2D eigenvalue weighted by atomic mass is 35.5. The Labute approximate surface area is 263 Å². The molecule has 0 amide bonds. The number of carbonyl (C=O) groups is 1. The molecule has 4 aliphatic heterocycles. The van der Waals surface area contributed by atoms with E-state index in [0.717, 1.165) is 18.2 Å². The molecule has 11 nitrogen and oxygen atoms in total. The van der Waals surface area contributed by atoms with Crippen molar-refractivity contribution in [2.75, 3.05) is 37.8 Å². The van der Waals surface area contributed by atoms with Crippen molar-refractivity contribution in [3.05, 3.63) is 76.6 Å². The van der Waals surface area contributed by atoms with E-state index in [-0.39, 0.29) is 29.3 Å².